The minimum absolute atomic E-state index is 0.706. The van der Waals surface area contributed by atoms with Crippen LogP contribution in [0.15, 0.2) is 127 Å². The van der Waals surface area contributed by atoms with Gasteiger partial charge in [-0.3, -0.25) is 4.57 Å². The van der Waals surface area contributed by atoms with Crippen molar-refractivity contribution >= 4 is 106 Å². The SMILES string of the molecule is c1ccc2c(-c3nc(-n4c5cccc6ccc7c8sc9ccccc9c8cc4c7c65)nc4c3sc3ccccc34)cccc2c1. The summed E-state index contributed by atoms with van der Waals surface area (Å²) >= 11 is 3.67. The molecule has 208 valence electrons. The molecular weight excluding hydrogens is 587 g/mol. The first-order chi connectivity index (χ1) is 22.3. The van der Waals surface area contributed by atoms with Crippen LogP contribution < -0.4 is 0 Å². The Morgan fingerprint density at radius 1 is 0.467 bits per heavy atom. The van der Waals surface area contributed by atoms with E-state index in [1.165, 1.54) is 62.6 Å². The minimum Gasteiger partial charge on any atom is -0.278 e. The molecule has 0 radical (unpaired) electrons. The van der Waals surface area contributed by atoms with Crippen LogP contribution in [0.2, 0.25) is 0 Å². The number of fused-ring (bicyclic) bond motifs is 8. The molecule has 0 atom stereocenters. The third-order valence-electron chi connectivity index (χ3n) is 9.37. The molecule has 11 aromatic rings. The maximum absolute atomic E-state index is 5.51. The maximum atomic E-state index is 5.51. The number of rotatable bonds is 2. The van der Waals surface area contributed by atoms with Gasteiger partial charge in [0.25, 0.3) is 0 Å². The third-order valence-corrected chi connectivity index (χ3v) is 11.8. The van der Waals surface area contributed by atoms with E-state index in [2.05, 4.69) is 132 Å². The molecule has 0 amide bonds. The number of benzene rings is 7. The van der Waals surface area contributed by atoms with Crippen LogP contribution in [0, 0.1) is 0 Å². The minimum atomic E-state index is 0.706. The lowest BCUT2D eigenvalue weighted by Crippen LogP contribution is -2.03. The smallest absolute Gasteiger partial charge is 0.235 e. The van der Waals surface area contributed by atoms with E-state index in [-0.39, 0.29) is 0 Å². The van der Waals surface area contributed by atoms with E-state index in [9.17, 15) is 0 Å². The van der Waals surface area contributed by atoms with Gasteiger partial charge in [-0.15, -0.1) is 22.7 Å². The lowest BCUT2D eigenvalue weighted by atomic mass is 10.00. The zero-order chi connectivity index (χ0) is 29.2. The number of hydrogen-bond donors (Lipinski definition) is 0. The van der Waals surface area contributed by atoms with E-state index in [0.717, 1.165) is 32.5 Å². The molecule has 45 heavy (non-hydrogen) atoms. The van der Waals surface area contributed by atoms with Crippen LogP contribution in [-0.2, 0) is 0 Å². The summed E-state index contributed by atoms with van der Waals surface area (Å²) in [5.41, 5.74) is 5.40. The van der Waals surface area contributed by atoms with Crippen molar-refractivity contribution in [3.05, 3.63) is 127 Å². The van der Waals surface area contributed by atoms with Crippen LogP contribution >= 0.6 is 22.7 Å². The van der Waals surface area contributed by atoms with Crippen molar-refractivity contribution in [2.24, 2.45) is 0 Å². The lowest BCUT2D eigenvalue weighted by Gasteiger charge is -2.12. The molecule has 0 unspecified atom stereocenters. The summed E-state index contributed by atoms with van der Waals surface area (Å²) in [7, 11) is 0. The van der Waals surface area contributed by atoms with E-state index >= 15 is 0 Å². The van der Waals surface area contributed by atoms with Crippen LogP contribution in [0.3, 0.4) is 0 Å². The fourth-order valence-corrected chi connectivity index (χ4v) is 9.79. The quantitative estimate of drug-likeness (QED) is 0.183. The Morgan fingerprint density at radius 2 is 1.18 bits per heavy atom. The summed E-state index contributed by atoms with van der Waals surface area (Å²) in [6.07, 6.45) is 0. The van der Waals surface area contributed by atoms with Crippen LogP contribution in [0.4, 0.5) is 0 Å². The second kappa shape index (κ2) is 8.63. The van der Waals surface area contributed by atoms with E-state index < -0.39 is 0 Å². The van der Waals surface area contributed by atoms with Crippen molar-refractivity contribution in [1.29, 1.82) is 0 Å². The highest BCUT2D eigenvalue weighted by Crippen LogP contribution is 2.47. The standard InChI is InChI=1S/C40H21N3S2/c1-2-12-24-22(9-1)10-7-15-26(24)36-39-37(27-14-4-6-18-33(27)45-39)42-40(41-36)43-30-16-8-11-23-19-20-28-35(34(23)30)31(43)21-29-25-13-3-5-17-32(25)44-38(28)29/h1-21H. The van der Waals surface area contributed by atoms with Gasteiger partial charge in [0.05, 0.1) is 26.9 Å². The van der Waals surface area contributed by atoms with Gasteiger partial charge >= 0.3 is 0 Å². The Hall–Kier alpha value is -5.36. The first-order valence-corrected chi connectivity index (χ1v) is 16.7. The molecule has 11 rings (SSSR count). The predicted molar refractivity (Wildman–Crippen MR) is 194 cm³/mol. The monoisotopic (exact) mass is 607 g/mol. The van der Waals surface area contributed by atoms with Gasteiger partial charge in [0.1, 0.15) is 0 Å². The normalized spacial score (nSPS) is 12.4. The third kappa shape index (κ3) is 3.13. The van der Waals surface area contributed by atoms with Crippen molar-refractivity contribution < 1.29 is 0 Å². The molecule has 0 bridgehead atoms. The van der Waals surface area contributed by atoms with Crippen LogP contribution in [-0.4, -0.2) is 14.5 Å². The van der Waals surface area contributed by atoms with E-state index in [0.29, 0.717) is 5.95 Å². The van der Waals surface area contributed by atoms with Crippen molar-refractivity contribution in [1.82, 2.24) is 14.5 Å². The number of thiophene rings is 2. The topological polar surface area (TPSA) is 30.7 Å². The molecule has 0 aliphatic heterocycles. The Kier molecular flexibility index (Phi) is 4.61. The highest BCUT2D eigenvalue weighted by molar-refractivity contribution is 7.27. The van der Waals surface area contributed by atoms with Crippen molar-refractivity contribution in [3.63, 3.8) is 0 Å². The maximum Gasteiger partial charge on any atom is 0.235 e. The molecule has 3 nitrogen and oxygen atoms in total. The van der Waals surface area contributed by atoms with Gasteiger partial charge in [0, 0.05) is 52.0 Å². The zero-order valence-electron chi connectivity index (χ0n) is 23.8. The molecule has 0 fully saturated rings. The molecule has 0 aliphatic rings. The first kappa shape index (κ1) is 24.0. The van der Waals surface area contributed by atoms with Gasteiger partial charge in [-0.25, -0.2) is 9.97 Å². The Morgan fingerprint density at radius 3 is 2.09 bits per heavy atom. The van der Waals surface area contributed by atoms with Gasteiger partial charge in [0.2, 0.25) is 5.95 Å². The van der Waals surface area contributed by atoms with Crippen molar-refractivity contribution in [3.8, 4) is 17.2 Å². The van der Waals surface area contributed by atoms with E-state index in [1.807, 2.05) is 11.3 Å². The van der Waals surface area contributed by atoms with Crippen molar-refractivity contribution in [2.75, 3.05) is 0 Å². The van der Waals surface area contributed by atoms with Gasteiger partial charge in [0.15, 0.2) is 0 Å². The first-order valence-electron chi connectivity index (χ1n) is 15.1. The molecule has 5 heteroatoms. The molecule has 0 aliphatic carbocycles. The molecule has 0 N–H and O–H groups in total. The molecular formula is C40H21N3S2. The highest BCUT2D eigenvalue weighted by atomic mass is 32.1. The van der Waals surface area contributed by atoms with Crippen LogP contribution in [0.5, 0.6) is 0 Å². The van der Waals surface area contributed by atoms with Crippen LogP contribution in [0.1, 0.15) is 0 Å². The summed E-state index contributed by atoms with van der Waals surface area (Å²) in [5.74, 6) is 0.706. The Labute approximate surface area is 264 Å². The highest BCUT2D eigenvalue weighted by Gasteiger charge is 2.24. The lowest BCUT2D eigenvalue weighted by molar-refractivity contribution is 1.02. The summed E-state index contributed by atoms with van der Waals surface area (Å²) < 4.78 is 7.31. The molecule has 7 aromatic carbocycles. The Bertz CT molecular complexity index is 2990. The molecule has 0 saturated carbocycles. The number of aromatic nitrogens is 3. The van der Waals surface area contributed by atoms with E-state index in [4.69, 9.17) is 9.97 Å². The van der Waals surface area contributed by atoms with Gasteiger partial charge < -0.3 is 0 Å². The Balaban J connectivity index is 1.35. The fraction of sp³-hybridized carbons (Fsp3) is 0. The fourth-order valence-electron chi connectivity index (χ4n) is 7.43. The molecule has 4 heterocycles. The summed E-state index contributed by atoms with van der Waals surface area (Å²) in [5, 5.41) is 11.2. The molecule has 0 spiro atoms. The average molecular weight is 608 g/mol. The molecule has 0 saturated heterocycles. The van der Waals surface area contributed by atoms with Crippen molar-refractivity contribution in [2.45, 2.75) is 0 Å². The van der Waals surface area contributed by atoms with Crippen LogP contribution in [0.25, 0.3) is 101 Å². The second-order valence-corrected chi connectivity index (χ2v) is 13.8. The van der Waals surface area contributed by atoms with E-state index in [1.54, 1.807) is 11.3 Å². The van der Waals surface area contributed by atoms with Gasteiger partial charge in [-0.05, 0) is 40.4 Å². The second-order valence-electron chi connectivity index (χ2n) is 11.7. The summed E-state index contributed by atoms with van der Waals surface area (Å²) in [6.45, 7) is 0. The average Bonchev–Trinajstić information content (AvgIpc) is 3.77. The number of hydrogen-bond acceptors (Lipinski definition) is 4. The van der Waals surface area contributed by atoms with Gasteiger partial charge in [-0.2, -0.15) is 0 Å². The zero-order valence-corrected chi connectivity index (χ0v) is 25.4. The summed E-state index contributed by atoms with van der Waals surface area (Å²) in [4.78, 5) is 10.9. The van der Waals surface area contributed by atoms with Gasteiger partial charge in [-0.1, -0.05) is 103 Å². The molecule has 4 aromatic heterocycles. The largest absolute Gasteiger partial charge is 0.278 e. The summed E-state index contributed by atoms with van der Waals surface area (Å²) in [6, 6.07) is 46.1. The predicted octanol–water partition coefficient (Wildman–Crippen LogP) is 11.7. The number of nitrogens with zero attached hydrogens (tertiary/aromatic N) is 3.